The Morgan fingerprint density at radius 3 is 2.89 bits per heavy atom. The van der Waals surface area contributed by atoms with Crippen molar-refractivity contribution in [3.63, 3.8) is 0 Å². The van der Waals surface area contributed by atoms with Crippen molar-refractivity contribution in [1.29, 1.82) is 0 Å². The zero-order valence-electron chi connectivity index (χ0n) is 5.19. The Bertz CT molecular complexity index is 198. The van der Waals surface area contributed by atoms with Crippen LogP contribution in [0, 0.1) is 6.07 Å². The first-order chi connectivity index (χ1) is 4.33. The van der Waals surface area contributed by atoms with Crippen LogP contribution < -0.4 is 0 Å². The standard InChI is InChI=1S/C7H7ClN/c1-2-6-3-7(8)5-9-4-6/h4-5H,2H2,1H3. The Morgan fingerprint density at radius 1 is 1.67 bits per heavy atom. The van der Waals surface area contributed by atoms with Crippen LogP contribution in [0.25, 0.3) is 0 Å². The summed E-state index contributed by atoms with van der Waals surface area (Å²) in [6.45, 7) is 2.05. The highest BCUT2D eigenvalue weighted by Crippen LogP contribution is 2.06. The molecule has 2 heteroatoms. The molecule has 0 spiro atoms. The molecule has 0 aliphatic rings. The fourth-order valence-corrected chi connectivity index (χ4v) is 0.768. The topological polar surface area (TPSA) is 12.9 Å². The molecular weight excluding hydrogens is 134 g/mol. The Balaban J connectivity index is 2.94. The molecule has 0 unspecified atom stereocenters. The van der Waals surface area contributed by atoms with Crippen LogP contribution in [0.2, 0.25) is 5.02 Å². The summed E-state index contributed by atoms with van der Waals surface area (Å²) in [5, 5.41) is 0.592. The fourth-order valence-electron chi connectivity index (χ4n) is 0.590. The second-order valence-corrected chi connectivity index (χ2v) is 2.17. The summed E-state index contributed by atoms with van der Waals surface area (Å²) in [7, 11) is 0. The lowest BCUT2D eigenvalue weighted by Gasteiger charge is -1.91. The molecule has 47 valence electrons. The third-order valence-corrected chi connectivity index (χ3v) is 1.27. The maximum Gasteiger partial charge on any atom is 0.0671 e. The summed E-state index contributed by atoms with van der Waals surface area (Å²) in [5.74, 6) is 0. The predicted octanol–water partition coefficient (Wildman–Crippen LogP) is 2.10. The molecule has 0 aliphatic heterocycles. The normalized spacial score (nSPS) is 9.56. The summed E-state index contributed by atoms with van der Waals surface area (Å²) < 4.78 is 0. The van der Waals surface area contributed by atoms with Gasteiger partial charge < -0.3 is 0 Å². The van der Waals surface area contributed by atoms with Crippen molar-refractivity contribution in [3.8, 4) is 0 Å². The van der Waals surface area contributed by atoms with E-state index in [4.69, 9.17) is 11.6 Å². The van der Waals surface area contributed by atoms with Crippen LogP contribution in [0.4, 0.5) is 0 Å². The Morgan fingerprint density at radius 2 is 2.44 bits per heavy atom. The highest BCUT2D eigenvalue weighted by molar-refractivity contribution is 6.30. The molecule has 0 amide bonds. The molecule has 0 saturated carbocycles. The number of aromatic nitrogens is 1. The molecule has 1 nitrogen and oxygen atoms in total. The largest absolute Gasteiger partial charge is 0.263 e. The fraction of sp³-hybridized carbons (Fsp3) is 0.286. The van der Waals surface area contributed by atoms with Crippen molar-refractivity contribution >= 4 is 11.6 Å². The summed E-state index contributed by atoms with van der Waals surface area (Å²) >= 11 is 5.61. The average Bonchev–Trinajstić information content (AvgIpc) is 1.88. The van der Waals surface area contributed by atoms with Gasteiger partial charge in [-0.2, -0.15) is 0 Å². The molecular formula is C7H7ClN. The monoisotopic (exact) mass is 140 g/mol. The number of aryl methyl sites for hydroxylation is 1. The van der Waals surface area contributed by atoms with Gasteiger partial charge in [-0.05, 0) is 12.0 Å². The highest BCUT2D eigenvalue weighted by atomic mass is 35.5. The maximum atomic E-state index is 5.61. The number of rotatable bonds is 1. The van der Waals surface area contributed by atoms with Crippen LogP contribution >= 0.6 is 11.6 Å². The molecule has 0 N–H and O–H groups in total. The van der Waals surface area contributed by atoms with Gasteiger partial charge in [0.1, 0.15) is 0 Å². The van der Waals surface area contributed by atoms with E-state index in [1.807, 2.05) is 6.92 Å². The van der Waals surface area contributed by atoms with Crippen LogP contribution in [0.1, 0.15) is 12.5 Å². The molecule has 0 aromatic carbocycles. The maximum absolute atomic E-state index is 5.61. The molecule has 0 fully saturated rings. The van der Waals surface area contributed by atoms with E-state index in [-0.39, 0.29) is 0 Å². The van der Waals surface area contributed by atoms with Crippen molar-refractivity contribution in [3.05, 3.63) is 29.0 Å². The molecule has 1 radical (unpaired) electrons. The van der Waals surface area contributed by atoms with E-state index < -0.39 is 0 Å². The Hall–Kier alpha value is -0.560. The first-order valence-corrected chi connectivity index (χ1v) is 3.22. The van der Waals surface area contributed by atoms with Gasteiger partial charge in [0.05, 0.1) is 5.02 Å². The first-order valence-electron chi connectivity index (χ1n) is 2.84. The molecule has 9 heavy (non-hydrogen) atoms. The second-order valence-electron chi connectivity index (χ2n) is 1.76. The smallest absolute Gasteiger partial charge is 0.0671 e. The summed E-state index contributed by atoms with van der Waals surface area (Å²) in [5.41, 5.74) is 1.06. The van der Waals surface area contributed by atoms with E-state index >= 15 is 0 Å². The van der Waals surface area contributed by atoms with Crippen LogP contribution in [-0.2, 0) is 6.42 Å². The zero-order valence-corrected chi connectivity index (χ0v) is 5.94. The van der Waals surface area contributed by atoms with Crippen LogP contribution in [0.3, 0.4) is 0 Å². The van der Waals surface area contributed by atoms with Crippen molar-refractivity contribution in [2.75, 3.05) is 0 Å². The summed E-state index contributed by atoms with van der Waals surface area (Å²) in [6, 6.07) is 2.96. The SMILES string of the molecule is CCc1[c]c(Cl)cnc1. The lowest BCUT2D eigenvalue weighted by molar-refractivity contribution is 1.10. The molecule has 1 heterocycles. The second kappa shape index (κ2) is 2.83. The summed E-state index contributed by atoms with van der Waals surface area (Å²) in [6.07, 6.45) is 4.29. The van der Waals surface area contributed by atoms with Gasteiger partial charge in [-0.1, -0.05) is 18.5 Å². The van der Waals surface area contributed by atoms with Gasteiger partial charge in [0.15, 0.2) is 0 Å². The van der Waals surface area contributed by atoms with Crippen LogP contribution in [-0.4, -0.2) is 4.98 Å². The van der Waals surface area contributed by atoms with Crippen molar-refractivity contribution in [2.24, 2.45) is 0 Å². The molecule has 0 aliphatic carbocycles. The van der Waals surface area contributed by atoms with E-state index in [1.165, 1.54) is 0 Å². The molecule has 1 aromatic rings. The minimum Gasteiger partial charge on any atom is -0.263 e. The first kappa shape index (κ1) is 6.56. The van der Waals surface area contributed by atoms with Gasteiger partial charge in [-0.3, -0.25) is 4.98 Å². The number of halogens is 1. The number of nitrogens with zero attached hydrogens (tertiary/aromatic N) is 1. The van der Waals surface area contributed by atoms with Gasteiger partial charge in [-0.25, -0.2) is 0 Å². The zero-order chi connectivity index (χ0) is 6.69. The van der Waals surface area contributed by atoms with Crippen molar-refractivity contribution < 1.29 is 0 Å². The molecule has 1 rings (SSSR count). The minimum atomic E-state index is 0.592. The number of hydrogen-bond donors (Lipinski definition) is 0. The third kappa shape index (κ3) is 1.68. The van der Waals surface area contributed by atoms with Crippen molar-refractivity contribution in [1.82, 2.24) is 4.98 Å². The summed E-state index contributed by atoms with van der Waals surface area (Å²) in [4.78, 5) is 3.89. The average molecular weight is 141 g/mol. The number of pyridine rings is 1. The van der Waals surface area contributed by atoms with Gasteiger partial charge >= 0.3 is 0 Å². The lowest BCUT2D eigenvalue weighted by Crippen LogP contribution is -1.81. The van der Waals surface area contributed by atoms with E-state index in [0.29, 0.717) is 5.02 Å². The number of hydrogen-bond acceptors (Lipinski definition) is 1. The van der Waals surface area contributed by atoms with E-state index in [2.05, 4.69) is 11.1 Å². The van der Waals surface area contributed by atoms with Gasteiger partial charge in [-0.15, -0.1) is 0 Å². The van der Waals surface area contributed by atoms with Gasteiger partial charge in [0.25, 0.3) is 0 Å². The van der Waals surface area contributed by atoms with Gasteiger partial charge in [0.2, 0.25) is 0 Å². The van der Waals surface area contributed by atoms with E-state index in [0.717, 1.165) is 12.0 Å². The molecule has 1 aromatic heterocycles. The lowest BCUT2D eigenvalue weighted by atomic mass is 10.2. The van der Waals surface area contributed by atoms with Crippen LogP contribution in [0.15, 0.2) is 12.4 Å². The Labute approximate surface area is 59.7 Å². The van der Waals surface area contributed by atoms with Gasteiger partial charge in [0, 0.05) is 18.5 Å². The molecule has 0 atom stereocenters. The minimum absolute atomic E-state index is 0.592. The van der Waals surface area contributed by atoms with Crippen LogP contribution in [0.5, 0.6) is 0 Å². The van der Waals surface area contributed by atoms with E-state index in [1.54, 1.807) is 12.4 Å². The highest BCUT2D eigenvalue weighted by Gasteiger charge is 1.89. The third-order valence-electron chi connectivity index (χ3n) is 1.08. The molecule has 0 saturated heterocycles. The predicted molar refractivity (Wildman–Crippen MR) is 37.5 cm³/mol. The Kier molecular flexibility index (Phi) is 2.06. The van der Waals surface area contributed by atoms with Crippen molar-refractivity contribution in [2.45, 2.75) is 13.3 Å². The van der Waals surface area contributed by atoms with E-state index in [9.17, 15) is 0 Å². The molecule has 0 bridgehead atoms. The quantitative estimate of drug-likeness (QED) is 0.582.